The van der Waals surface area contributed by atoms with Gasteiger partial charge in [-0.2, -0.15) is 4.98 Å². The molecule has 2 aromatic rings. The van der Waals surface area contributed by atoms with E-state index in [1.165, 1.54) is 6.42 Å². The zero-order valence-corrected chi connectivity index (χ0v) is 10.7. The molecule has 1 aromatic heterocycles. The first-order valence-electron chi connectivity index (χ1n) is 6.60. The normalized spacial score (nSPS) is 18.8. The van der Waals surface area contributed by atoms with E-state index in [0.29, 0.717) is 18.2 Å². The number of benzene rings is 1. The summed E-state index contributed by atoms with van der Waals surface area (Å²) in [5.74, 6) is 2.31. The molecule has 100 valence electrons. The largest absolute Gasteiger partial charge is 0.508 e. The van der Waals surface area contributed by atoms with Crippen LogP contribution in [0.5, 0.6) is 5.75 Å². The molecule has 2 heterocycles. The third kappa shape index (κ3) is 3.12. The first-order chi connectivity index (χ1) is 9.29. The van der Waals surface area contributed by atoms with Crippen molar-refractivity contribution in [3.8, 4) is 5.75 Å². The van der Waals surface area contributed by atoms with E-state index < -0.39 is 0 Å². The molecular formula is C14H17N3O2. The van der Waals surface area contributed by atoms with Gasteiger partial charge in [-0.1, -0.05) is 17.3 Å². The van der Waals surface area contributed by atoms with Gasteiger partial charge >= 0.3 is 0 Å². The molecule has 0 bridgehead atoms. The summed E-state index contributed by atoms with van der Waals surface area (Å²) in [5.41, 5.74) is 1.06. The number of phenols is 1. The van der Waals surface area contributed by atoms with Crippen LogP contribution in [0.25, 0.3) is 0 Å². The highest BCUT2D eigenvalue weighted by Gasteiger charge is 2.18. The van der Waals surface area contributed by atoms with Crippen LogP contribution in [0.2, 0.25) is 0 Å². The molecule has 3 rings (SSSR count). The Hall–Kier alpha value is -1.88. The molecule has 1 atom stereocenters. The first-order valence-corrected chi connectivity index (χ1v) is 6.60. The second kappa shape index (κ2) is 5.40. The van der Waals surface area contributed by atoms with E-state index in [9.17, 15) is 5.11 Å². The van der Waals surface area contributed by atoms with Crippen molar-refractivity contribution in [3.05, 3.63) is 41.5 Å². The average Bonchev–Trinajstić information content (AvgIpc) is 3.05. The Kier molecular flexibility index (Phi) is 3.46. The van der Waals surface area contributed by atoms with Crippen LogP contribution in [0, 0.1) is 5.92 Å². The zero-order chi connectivity index (χ0) is 13.1. The van der Waals surface area contributed by atoms with Crippen LogP contribution in [0.3, 0.4) is 0 Å². The van der Waals surface area contributed by atoms with E-state index in [1.807, 2.05) is 12.1 Å². The number of nitrogens with zero attached hydrogens (tertiary/aromatic N) is 2. The van der Waals surface area contributed by atoms with Gasteiger partial charge in [0.1, 0.15) is 5.75 Å². The second-order valence-electron chi connectivity index (χ2n) is 5.01. The molecular weight excluding hydrogens is 242 g/mol. The molecule has 2 N–H and O–H groups in total. The third-order valence-corrected chi connectivity index (χ3v) is 3.43. The fraction of sp³-hybridized carbons (Fsp3) is 0.429. The zero-order valence-electron chi connectivity index (χ0n) is 10.7. The average molecular weight is 259 g/mol. The van der Waals surface area contributed by atoms with E-state index >= 15 is 0 Å². The fourth-order valence-corrected chi connectivity index (χ4v) is 2.38. The quantitative estimate of drug-likeness (QED) is 0.871. The molecule has 0 spiro atoms. The van der Waals surface area contributed by atoms with Crippen LogP contribution in [-0.2, 0) is 12.8 Å². The lowest BCUT2D eigenvalue weighted by Crippen LogP contribution is -2.10. The van der Waals surface area contributed by atoms with Crippen molar-refractivity contribution in [2.24, 2.45) is 5.92 Å². The summed E-state index contributed by atoms with van der Waals surface area (Å²) in [6, 6.07) is 7.07. The first kappa shape index (κ1) is 12.2. The number of phenolic OH excluding ortho intramolecular Hbond substituents is 1. The molecule has 5 nitrogen and oxygen atoms in total. The maximum absolute atomic E-state index is 9.23. The lowest BCUT2D eigenvalue weighted by Gasteiger charge is -2.01. The van der Waals surface area contributed by atoms with E-state index in [-0.39, 0.29) is 5.75 Å². The number of hydrogen-bond donors (Lipinski definition) is 2. The molecule has 0 aliphatic carbocycles. The number of nitrogens with one attached hydrogen (secondary N) is 1. The van der Waals surface area contributed by atoms with Crippen LogP contribution < -0.4 is 5.32 Å². The summed E-state index contributed by atoms with van der Waals surface area (Å²) in [4.78, 5) is 4.42. The third-order valence-electron chi connectivity index (χ3n) is 3.43. The highest BCUT2D eigenvalue weighted by Crippen LogP contribution is 2.16. The minimum atomic E-state index is 0.270. The monoisotopic (exact) mass is 259 g/mol. The van der Waals surface area contributed by atoms with Crippen LogP contribution in [-0.4, -0.2) is 28.3 Å². The van der Waals surface area contributed by atoms with Gasteiger partial charge in [-0.15, -0.1) is 0 Å². The van der Waals surface area contributed by atoms with Crippen LogP contribution in [0.1, 0.15) is 23.7 Å². The van der Waals surface area contributed by atoms with E-state index in [4.69, 9.17) is 4.52 Å². The molecule has 0 radical (unpaired) electrons. The predicted molar refractivity (Wildman–Crippen MR) is 69.9 cm³/mol. The van der Waals surface area contributed by atoms with Crippen LogP contribution >= 0.6 is 0 Å². The summed E-state index contributed by atoms with van der Waals surface area (Å²) in [6.45, 7) is 2.12. The van der Waals surface area contributed by atoms with Gasteiger partial charge in [-0.05, 0) is 43.1 Å². The lowest BCUT2D eigenvalue weighted by molar-refractivity contribution is 0.354. The summed E-state index contributed by atoms with van der Waals surface area (Å²) >= 11 is 0. The van der Waals surface area contributed by atoms with Crippen molar-refractivity contribution >= 4 is 0 Å². The lowest BCUT2D eigenvalue weighted by atomic mass is 10.1. The number of rotatable bonds is 4. The Balaban J connectivity index is 1.62. The van der Waals surface area contributed by atoms with E-state index in [0.717, 1.165) is 31.0 Å². The molecule has 1 aromatic carbocycles. The Morgan fingerprint density at radius 3 is 2.89 bits per heavy atom. The minimum Gasteiger partial charge on any atom is -0.508 e. The van der Waals surface area contributed by atoms with Gasteiger partial charge in [0.05, 0.1) is 0 Å². The van der Waals surface area contributed by atoms with Gasteiger partial charge in [-0.3, -0.25) is 0 Å². The smallest absolute Gasteiger partial charge is 0.226 e. The number of hydrogen-bond acceptors (Lipinski definition) is 5. The van der Waals surface area contributed by atoms with Crippen LogP contribution in [0.4, 0.5) is 0 Å². The van der Waals surface area contributed by atoms with Gasteiger partial charge in [0.15, 0.2) is 5.82 Å². The van der Waals surface area contributed by atoms with Gasteiger partial charge in [0.25, 0.3) is 0 Å². The maximum Gasteiger partial charge on any atom is 0.226 e. The van der Waals surface area contributed by atoms with E-state index in [1.54, 1.807) is 12.1 Å². The molecule has 0 saturated carbocycles. The number of aromatic nitrogens is 2. The Bertz CT molecular complexity index is 530. The Morgan fingerprint density at radius 2 is 2.16 bits per heavy atom. The van der Waals surface area contributed by atoms with Gasteiger partial charge in [0.2, 0.25) is 5.89 Å². The highest BCUT2D eigenvalue weighted by atomic mass is 16.5. The topological polar surface area (TPSA) is 71.2 Å². The molecule has 1 aliphatic rings. The van der Waals surface area contributed by atoms with E-state index in [2.05, 4.69) is 15.5 Å². The fourth-order valence-electron chi connectivity index (χ4n) is 2.38. The second-order valence-corrected chi connectivity index (χ2v) is 5.01. The molecule has 0 amide bonds. The summed E-state index contributed by atoms with van der Waals surface area (Å²) in [6.07, 6.45) is 2.66. The van der Waals surface area contributed by atoms with Crippen molar-refractivity contribution in [2.45, 2.75) is 19.3 Å². The predicted octanol–water partition coefficient (Wildman–Crippen LogP) is 1.52. The standard InChI is InChI=1S/C14H17N3O2/c18-12-3-1-10(2-4-12)7-13-16-14(19-17-13)8-11-5-6-15-9-11/h1-4,11,15,18H,5-9H2. The van der Waals surface area contributed by atoms with Crippen molar-refractivity contribution < 1.29 is 9.63 Å². The van der Waals surface area contributed by atoms with Gasteiger partial charge < -0.3 is 14.9 Å². The Morgan fingerprint density at radius 1 is 1.32 bits per heavy atom. The van der Waals surface area contributed by atoms with Crippen molar-refractivity contribution in [1.82, 2.24) is 15.5 Å². The maximum atomic E-state index is 9.23. The summed E-state index contributed by atoms with van der Waals surface area (Å²) < 4.78 is 5.28. The van der Waals surface area contributed by atoms with Crippen molar-refractivity contribution in [2.75, 3.05) is 13.1 Å². The van der Waals surface area contributed by atoms with Crippen molar-refractivity contribution in [3.63, 3.8) is 0 Å². The molecule has 1 saturated heterocycles. The highest BCUT2D eigenvalue weighted by molar-refractivity contribution is 5.27. The SMILES string of the molecule is Oc1ccc(Cc2noc(CC3CCNC3)n2)cc1. The van der Waals surface area contributed by atoms with Gasteiger partial charge in [0, 0.05) is 12.8 Å². The summed E-state index contributed by atoms with van der Waals surface area (Å²) in [5, 5.41) is 16.6. The van der Waals surface area contributed by atoms with Gasteiger partial charge in [-0.25, -0.2) is 0 Å². The number of aromatic hydroxyl groups is 1. The molecule has 1 unspecified atom stereocenters. The van der Waals surface area contributed by atoms with Crippen molar-refractivity contribution in [1.29, 1.82) is 0 Å². The molecule has 1 aliphatic heterocycles. The molecule has 1 fully saturated rings. The summed E-state index contributed by atoms with van der Waals surface area (Å²) in [7, 11) is 0. The minimum absolute atomic E-state index is 0.270. The van der Waals surface area contributed by atoms with Crippen LogP contribution in [0.15, 0.2) is 28.8 Å². The molecule has 19 heavy (non-hydrogen) atoms. The molecule has 5 heteroatoms. The Labute approximate surface area is 111 Å².